The molecule has 1 fully saturated rings. The fourth-order valence-corrected chi connectivity index (χ4v) is 4.75. The number of nitriles is 1. The number of aliphatic hydroxyl groups is 2. The predicted octanol–water partition coefficient (Wildman–Crippen LogP) is 1.93. The molecule has 0 radical (unpaired) electrons. The number of aryl methyl sites for hydroxylation is 1. The third-order valence-corrected chi connectivity index (χ3v) is 6.50. The van der Waals surface area contributed by atoms with Gasteiger partial charge in [0, 0.05) is 11.6 Å². The normalized spacial score (nSPS) is 23.0. The fourth-order valence-electron chi connectivity index (χ4n) is 4.75. The summed E-state index contributed by atoms with van der Waals surface area (Å²) in [7, 11) is 0. The van der Waals surface area contributed by atoms with Gasteiger partial charge in [0.15, 0.2) is 0 Å². The number of pyridine rings is 1. The number of benzene rings is 1. The van der Waals surface area contributed by atoms with E-state index < -0.39 is 12.2 Å². The van der Waals surface area contributed by atoms with Crippen LogP contribution in [-0.2, 0) is 6.42 Å². The Morgan fingerprint density at radius 3 is 2.75 bits per heavy atom. The number of aliphatic hydroxyl groups excluding tert-OH is 2. The molecule has 1 aliphatic carbocycles. The number of hydrogen-bond acceptors (Lipinski definition) is 8. The van der Waals surface area contributed by atoms with E-state index in [9.17, 15) is 10.2 Å². The lowest BCUT2D eigenvalue weighted by molar-refractivity contribution is 0.00545. The lowest BCUT2D eigenvalue weighted by atomic mass is 9.95. The molecule has 9 nitrogen and oxygen atoms in total. The van der Waals surface area contributed by atoms with E-state index in [1.54, 1.807) is 6.07 Å². The van der Waals surface area contributed by atoms with Crippen molar-refractivity contribution in [1.82, 2.24) is 19.5 Å². The van der Waals surface area contributed by atoms with Crippen LogP contribution in [0.15, 0.2) is 42.9 Å². The summed E-state index contributed by atoms with van der Waals surface area (Å²) in [6.45, 7) is 0. The first kappa shape index (κ1) is 20.2. The van der Waals surface area contributed by atoms with Crippen molar-refractivity contribution in [3.63, 3.8) is 0 Å². The van der Waals surface area contributed by atoms with E-state index in [1.165, 1.54) is 6.33 Å². The van der Waals surface area contributed by atoms with Gasteiger partial charge in [-0.1, -0.05) is 12.1 Å². The van der Waals surface area contributed by atoms with Crippen LogP contribution >= 0.6 is 0 Å². The van der Waals surface area contributed by atoms with Crippen molar-refractivity contribution in [2.24, 2.45) is 5.92 Å². The molecule has 0 aliphatic heterocycles. The minimum absolute atomic E-state index is 0.0682. The first-order valence-electron chi connectivity index (χ1n) is 10.5. The summed E-state index contributed by atoms with van der Waals surface area (Å²) in [5.41, 5.74) is 14.6. The summed E-state index contributed by atoms with van der Waals surface area (Å²) < 4.78 is 1.89. The number of aromatic nitrogens is 4. The molecule has 5 rings (SSSR count). The molecule has 0 amide bonds. The standard InChI is InChI=1S/C23H23N7O2/c24-10-15-8-13-3-1-12(7-17(13)29-21(15)25)2-4-14-9-18(20(32)19(14)31)30-6-5-16-22(26)27-11-28-23(16)30/h1,3,5-8,11,14,18-20,31-32H,2,4,9H2,(H2,25,29)(H2,26,27,28)/t14-,18+,19+,20-/m0/s1. The summed E-state index contributed by atoms with van der Waals surface area (Å²) in [6, 6.07) is 11.2. The van der Waals surface area contributed by atoms with Gasteiger partial charge in [-0.3, -0.25) is 0 Å². The Hall–Kier alpha value is -3.74. The van der Waals surface area contributed by atoms with E-state index in [-0.39, 0.29) is 17.8 Å². The average molecular weight is 429 g/mol. The molecule has 1 saturated carbocycles. The zero-order valence-corrected chi connectivity index (χ0v) is 17.3. The summed E-state index contributed by atoms with van der Waals surface area (Å²) >= 11 is 0. The first-order chi connectivity index (χ1) is 15.5. The smallest absolute Gasteiger partial charge is 0.145 e. The second kappa shape index (κ2) is 7.75. The number of rotatable bonds is 4. The lowest BCUT2D eigenvalue weighted by Crippen LogP contribution is -2.29. The molecule has 4 atom stereocenters. The van der Waals surface area contributed by atoms with Crippen LogP contribution in [-0.4, -0.2) is 41.9 Å². The van der Waals surface area contributed by atoms with Gasteiger partial charge in [-0.05, 0) is 48.9 Å². The highest BCUT2D eigenvalue weighted by atomic mass is 16.3. The number of hydrogen-bond donors (Lipinski definition) is 4. The monoisotopic (exact) mass is 429 g/mol. The van der Waals surface area contributed by atoms with Gasteiger partial charge >= 0.3 is 0 Å². The molecule has 0 unspecified atom stereocenters. The van der Waals surface area contributed by atoms with Crippen molar-refractivity contribution >= 4 is 33.6 Å². The third kappa shape index (κ3) is 3.30. The minimum atomic E-state index is -0.894. The SMILES string of the molecule is N#Cc1cc2ccc(CC[C@H]3C[C@@H](n4ccc5c(N)ncnc54)[C@H](O)[C@@H]3O)cc2nc1N. The van der Waals surface area contributed by atoms with Crippen LogP contribution < -0.4 is 11.5 Å². The van der Waals surface area contributed by atoms with Crippen LogP contribution in [0, 0.1) is 17.2 Å². The maximum absolute atomic E-state index is 10.8. The van der Waals surface area contributed by atoms with Gasteiger partial charge in [0.2, 0.25) is 0 Å². The first-order valence-corrected chi connectivity index (χ1v) is 10.5. The molecule has 3 heterocycles. The third-order valence-electron chi connectivity index (χ3n) is 6.50. The van der Waals surface area contributed by atoms with Crippen molar-refractivity contribution in [1.29, 1.82) is 5.26 Å². The summed E-state index contributed by atoms with van der Waals surface area (Å²) in [4.78, 5) is 12.7. The summed E-state index contributed by atoms with van der Waals surface area (Å²) in [6.07, 6.45) is 3.58. The highest BCUT2D eigenvalue weighted by Gasteiger charge is 2.42. The topological polar surface area (TPSA) is 160 Å². The summed E-state index contributed by atoms with van der Waals surface area (Å²) in [5, 5.41) is 32.2. The molecule has 0 saturated heterocycles. The zero-order valence-electron chi connectivity index (χ0n) is 17.3. The molecular formula is C23H23N7O2. The number of nitrogen functional groups attached to an aromatic ring is 2. The van der Waals surface area contributed by atoms with Gasteiger partial charge in [-0.15, -0.1) is 0 Å². The highest BCUT2D eigenvalue weighted by Crippen LogP contribution is 2.39. The van der Waals surface area contributed by atoms with Crippen molar-refractivity contribution < 1.29 is 10.2 Å². The number of fused-ring (bicyclic) bond motifs is 2. The van der Waals surface area contributed by atoms with Crippen molar-refractivity contribution in [2.45, 2.75) is 37.5 Å². The van der Waals surface area contributed by atoms with Crippen molar-refractivity contribution in [3.8, 4) is 6.07 Å². The molecule has 0 spiro atoms. The van der Waals surface area contributed by atoms with E-state index in [0.717, 1.165) is 28.3 Å². The Labute approximate surface area is 184 Å². The number of nitrogens with zero attached hydrogens (tertiary/aromatic N) is 5. The largest absolute Gasteiger partial charge is 0.390 e. The van der Waals surface area contributed by atoms with Gasteiger partial charge in [-0.25, -0.2) is 15.0 Å². The quantitative estimate of drug-likeness (QED) is 0.383. The van der Waals surface area contributed by atoms with Gasteiger partial charge in [0.1, 0.15) is 35.8 Å². The van der Waals surface area contributed by atoms with Gasteiger partial charge in [-0.2, -0.15) is 5.26 Å². The molecule has 4 aromatic rings. The van der Waals surface area contributed by atoms with E-state index in [0.29, 0.717) is 29.9 Å². The van der Waals surface area contributed by atoms with Crippen molar-refractivity contribution in [2.75, 3.05) is 11.5 Å². The van der Waals surface area contributed by atoms with E-state index in [4.69, 9.17) is 16.7 Å². The van der Waals surface area contributed by atoms with Gasteiger partial charge in [0.05, 0.1) is 28.6 Å². The molecule has 6 N–H and O–H groups in total. The molecular weight excluding hydrogens is 406 g/mol. The van der Waals surface area contributed by atoms with Gasteiger partial charge < -0.3 is 26.2 Å². The maximum Gasteiger partial charge on any atom is 0.145 e. The second-order valence-electron chi connectivity index (χ2n) is 8.36. The van der Waals surface area contributed by atoms with E-state index in [2.05, 4.69) is 15.0 Å². The van der Waals surface area contributed by atoms with Gasteiger partial charge in [0.25, 0.3) is 0 Å². The Bertz CT molecular complexity index is 1360. The fraction of sp³-hybridized carbons (Fsp3) is 0.304. The Kier molecular flexibility index (Phi) is 4.89. The molecule has 3 aromatic heterocycles. The average Bonchev–Trinajstić information content (AvgIpc) is 3.34. The minimum Gasteiger partial charge on any atom is -0.390 e. The molecule has 1 aromatic carbocycles. The summed E-state index contributed by atoms with van der Waals surface area (Å²) in [5.74, 6) is 0.546. The van der Waals surface area contributed by atoms with Crippen LogP contribution in [0.25, 0.3) is 21.9 Å². The molecule has 9 heteroatoms. The van der Waals surface area contributed by atoms with Crippen LogP contribution in [0.4, 0.5) is 11.6 Å². The molecule has 162 valence electrons. The lowest BCUT2D eigenvalue weighted by Gasteiger charge is -2.19. The molecule has 0 bridgehead atoms. The second-order valence-corrected chi connectivity index (χ2v) is 8.36. The Morgan fingerprint density at radius 2 is 1.94 bits per heavy atom. The predicted molar refractivity (Wildman–Crippen MR) is 120 cm³/mol. The van der Waals surface area contributed by atoms with Crippen LogP contribution in [0.1, 0.15) is 30.0 Å². The van der Waals surface area contributed by atoms with Crippen LogP contribution in [0.5, 0.6) is 0 Å². The Balaban J connectivity index is 1.34. The maximum atomic E-state index is 10.8. The van der Waals surface area contributed by atoms with Crippen LogP contribution in [0.3, 0.4) is 0 Å². The molecule has 1 aliphatic rings. The van der Waals surface area contributed by atoms with E-state index >= 15 is 0 Å². The number of nitrogens with two attached hydrogens (primary N) is 2. The van der Waals surface area contributed by atoms with Crippen molar-refractivity contribution in [3.05, 3.63) is 54.0 Å². The molecule has 32 heavy (non-hydrogen) atoms. The Morgan fingerprint density at radius 1 is 1.09 bits per heavy atom. The van der Waals surface area contributed by atoms with E-state index in [1.807, 2.05) is 41.1 Å². The highest BCUT2D eigenvalue weighted by molar-refractivity contribution is 5.86. The number of anilines is 2. The zero-order chi connectivity index (χ0) is 22.4. The van der Waals surface area contributed by atoms with Crippen LogP contribution in [0.2, 0.25) is 0 Å².